The van der Waals surface area contributed by atoms with Crippen molar-refractivity contribution in [2.45, 2.75) is 40.0 Å². The van der Waals surface area contributed by atoms with Gasteiger partial charge in [-0.3, -0.25) is 0 Å². The molecule has 0 saturated carbocycles. The normalized spacial score (nSPS) is 14.1. The van der Waals surface area contributed by atoms with Crippen LogP contribution in [0.15, 0.2) is 235 Å². The van der Waals surface area contributed by atoms with Gasteiger partial charge in [0.2, 0.25) is 0 Å². The highest BCUT2D eigenvalue weighted by atomic mass is 16.3. The van der Waals surface area contributed by atoms with Crippen molar-refractivity contribution in [1.82, 2.24) is 4.57 Å². The molecule has 13 aromatic rings. The van der Waals surface area contributed by atoms with E-state index in [0.29, 0.717) is 0 Å². The Bertz CT molecular complexity index is 4350. The van der Waals surface area contributed by atoms with E-state index in [4.69, 9.17) is 4.42 Å². The van der Waals surface area contributed by atoms with Crippen molar-refractivity contribution < 1.29 is 4.42 Å². The van der Waals surface area contributed by atoms with Crippen LogP contribution in [0.5, 0.6) is 0 Å². The first kappa shape index (κ1) is 43.7. The first-order valence-corrected chi connectivity index (χ1v) is 25.7. The summed E-state index contributed by atoms with van der Waals surface area (Å²) >= 11 is 0. The highest BCUT2D eigenvalue weighted by Crippen LogP contribution is 2.59. The van der Waals surface area contributed by atoms with E-state index in [0.717, 1.165) is 67.0 Å². The van der Waals surface area contributed by atoms with Crippen LogP contribution in [0, 0.1) is 27.7 Å². The van der Waals surface area contributed by atoms with Crippen molar-refractivity contribution in [3.63, 3.8) is 0 Å². The summed E-state index contributed by atoms with van der Waals surface area (Å²) in [7, 11) is 0. The van der Waals surface area contributed by atoms with E-state index < -0.39 is 5.41 Å². The Morgan fingerprint density at radius 2 is 1.01 bits per heavy atom. The maximum atomic E-state index is 6.99. The van der Waals surface area contributed by atoms with Crippen LogP contribution >= 0.6 is 0 Å². The van der Waals surface area contributed by atoms with E-state index in [1.807, 2.05) is 0 Å². The van der Waals surface area contributed by atoms with Crippen LogP contribution in [0.1, 0.15) is 45.9 Å². The Balaban J connectivity index is 1.06. The fraction of sp³-hybridized carbons (Fsp3) is 0.0857. The van der Waals surface area contributed by atoms with Gasteiger partial charge in [0.15, 0.2) is 5.58 Å². The minimum Gasteiger partial charge on any atom is -0.454 e. The van der Waals surface area contributed by atoms with Gasteiger partial charge in [0.25, 0.3) is 0 Å². The average molecular weight is 952 g/mol. The van der Waals surface area contributed by atoms with Crippen LogP contribution in [-0.2, 0) is 5.41 Å². The molecular weight excluding hydrogens is 899 g/mol. The molecule has 0 bridgehead atoms. The number of rotatable bonds is 8. The molecule has 2 aromatic heterocycles. The average Bonchev–Trinajstić information content (AvgIpc) is 4.17. The van der Waals surface area contributed by atoms with Gasteiger partial charge >= 0.3 is 0 Å². The van der Waals surface area contributed by atoms with Crippen LogP contribution < -0.4 is 9.80 Å². The zero-order valence-electron chi connectivity index (χ0n) is 42.2. The van der Waals surface area contributed by atoms with E-state index in [1.54, 1.807) is 0 Å². The molecule has 1 aliphatic rings. The lowest BCUT2D eigenvalue weighted by Crippen LogP contribution is -2.23. The molecule has 0 N–H and O–H groups in total. The van der Waals surface area contributed by atoms with Crippen molar-refractivity contribution >= 4 is 88.6 Å². The third-order valence-electron chi connectivity index (χ3n) is 15.9. The molecule has 4 nitrogen and oxygen atoms in total. The second-order valence-corrected chi connectivity index (χ2v) is 20.5. The Hall–Kier alpha value is -9.12. The van der Waals surface area contributed by atoms with Crippen LogP contribution in [0.4, 0.5) is 34.1 Å². The highest BCUT2D eigenvalue weighted by molar-refractivity contribution is 6.16. The molecule has 11 aromatic carbocycles. The number of hydrogen-bond donors (Lipinski definition) is 0. The van der Waals surface area contributed by atoms with Gasteiger partial charge in [-0.15, -0.1) is 0 Å². The van der Waals surface area contributed by atoms with Crippen LogP contribution in [0.2, 0.25) is 0 Å². The van der Waals surface area contributed by atoms with Gasteiger partial charge in [-0.25, -0.2) is 0 Å². The first-order valence-electron chi connectivity index (χ1n) is 25.7. The second-order valence-electron chi connectivity index (χ2n) is 20.5. The molecule has 1 atom stereocenters. The molecule has 14 rings (SSSR count). The molecule has 0 aliphatic heterocycles. The molecule has 1 aliphatic carbocycles. The Labute approximate surface area is 431 Å². The predicted molar refractivity (Wildman–Crippen MR) is 311 cm³/mol. The third-order valence-corrected chi connectivity index (χ3v) is 15.9. The zero-order chi connectivity index (χ0) is 49.8. The minimum absolute atomic E-state index is 0.558. The molecular formula is C70H53N3O. The number of nitrogens with zero attached hydrogens (tertiary/aromatic N) is 3. The molecule has 2 heterocycles. The maximum absolute atomic E-state index is 6.99. The number of hydrogen-bond acceptors (Lipinski definition) is 3. The number of benzene rings is 11. The number of anilines is 6. The fourth-order valence-electron chi connectivity index (χ4n) is 12.7. The topological polar surface area (TPSA) is 24.6 Å². The second kappa shape index (κ2) is 16.7. The number of para-hydroxylation sites is 4. The molecule has 354 valence electrons. The van der Waals surface area contributed by atoms with Gasteiger partial charge in [-0.05, 0) is 152 Å². The summed E-state index contributed by atoms with van der Waals surface area (Å²) < 4.78 is 9.40. The number of aryl methyl sites for hydroxylation is 4. The molecule has 0 fully saturated rings. The lowest BCUT2D eigenvalue weighted by molar-refractivity contribution is 0.669. The predicted octanol–water partition coefficient (Wildman–Crippen LogP) is 19.3. The summed E-state index contributed by atoms with van der Waals surface area (Å²) in [5.41, 5.74) is 22.4. The molecule has 0 spiro atoms. The largest absolute Gasteiger partial charge is 0.454 e. The van der Waals surface area contributed by atoms with Crippen molar-refractivity contribution in [3.05, 3.63) is 269 Å². The van der Waals surface area contributed by atoms with Gasteiger partial charge in [-0.2, -0.15) is 0 Å². The lowest BCUT2D eigenvalue weighted by Gasteiger charge is -2.33. The van der Waals surface area contributed by atoms with E-state index in [9.17, 15) is 0 Å². The first-order chi connectivity index (χ1) is 36.2. The zero-order valence-corrected chi connectivity index (χ0v) is 42.2. The van der Waals surface area contributed by atoms with Gasteiger partial charge in [0.1, 0.15) is 5.58 Å². The van der Waals surface area contributed by atoms with Crippen LogP contribution in [0.3, 0.4) is 0 Å². The van der Waals surface area contributed by atoms with E-state index >= 15 is 0 Å². The van der Waals surface area contributed by atoms with Crippen LogP contribution in [-0.4, -0.2) is 4.57 Å². The van der Waals surface area contributed by atoms with E-state index in [2.05, 4.69) is 280 Å². The maximum Gasteiger partial charge on any atom is 0.159 e. The van der Waals surface area contributed by atoms with Gasteiger partial charge < -0.3 is 18.8 Å². The smallest absolute Gasteiger partial charge is 0.159 e. The molecule has 74 heavy (non-hydrogen) atoms. The molecule has 0 amide bonds. The Morgan fingerprint density at radius 3 is 1.78 bits per heavy atom. The SMILES string of the molecule is Cc1ccc(N(c2ccc3c(c2)C(C)(c2ccccc2)c2cc(N(c4ccc5c6ccccc6n(-c6ccccc6)c5c4)c4cccc5c4oc4ccccc45)c4ccccc4c2-3)c2c(C)cc(C)cc2C)cc1. The quantitative estimate of drug-likeness (QED) is 0.152. The van der Waals surface area contributed by atoms with E-state index in [1.165, 1.54) is 77.4 Å². The van der Waals surface area contributed by atoms with Crippen LogP contribution in [0.25, 0.3) is 71.3 Å². The summed E-state index contributed by atoms with van der Waals surface area (Å²) in [6.45, 7) is 11.3. The number of furan rings is 1. The summed E-state index contributed by atoms with van der Waals surface area (Å²) in [5, 5.41) is 6.96. The van der Waals surface area contributed by atoms with Gasteiger partial charge in [0, 0.05) is 55.1 Å². The molecule has 0 saturated heterocycles. The lowest BCUT2D eigenvalue weighted by atomic mass is 9.73. The third kappa shape index (κ3) is 6.54. The van der Waals surface area contributed by atoms with E-state index in [-0.39, 0.29) is 0 Å². The van der Waals surface area contributed by atoms with Crippen molar-refractivity contribution in [2.75, 3.05) is 9.80 Å². The molecule has 1 unspecified atom stereocenters. The Morgan fingerprint density at radius 1 is 0.405 bits per heavy atom. The standard InChI is InChI=1S/C70H53N3O/c1-44-31-33-50(34-32-44)71(68-46(3)39-45(2)40-47(68)4)51-36-38-59-60(41-51)70(5,48-19-8-6-9-20-48)61-43-65(54-24-12-13-26-57(54)67(59)61)73(63-29-18-27-58-56-25-15-17-30-66(56)74-69(58)63)52-35-37-55-53-23-14-16-28-62(53)72(64(55)42-52)49-21-10-7-11-22-49/h6-43H,1-5H3. The fourth-order valence-corrected chi connectivity index (χ4v) is 12.7. The summed E-state index contributed by atoms with van der Waals surface area (Å²) in [6, 6.07) is 85.1. The van der Waals surface area contributed by atoms with Crippen molar-refractivity contribution in [2.24, 2.45) is 0 Å². The van der Waals surface area contributed by atoms with Crippen molar-refractivity contribution in [1.29, 1.82) is 0 Å². The Kier molecular flexibility index (Phi) is 9.87. The molecule has 0 radical (unpaired) electrons. The molecule has 4 heteroatoms. The summed E-state index contributed by atoms with van der Waals surface area (Å²) in [5.74, 6) is 0. The van der Waals surface area contributed by atoms with Gasteiger partial charge in [-0.1, -0.05) is 169 Å². The van der Waals surface area contributed by atoms with Crippen molar-refractivity contribution in [3.8, 4) is 16.8 Å². The highest BCUT2D eigenvalue weighted by Gasteiger charge is 2.43. The number of fused-ring (bicyclic) bond motifs is 11. The summed E-state index contributed by atoms with van der Waals surface area (Å²) in [6.07, 6.45) is 0. The van der Waals surface area contributed by atoms with Gasteiger partial charge in [0.05, 0.1) is 28.1 Å². The number of aromatic nitrogens is 1. The summed E-state index contributed by atoms with van der Waals surface area (Å²) in [4.78, 5) is 4.95. The monoisotopic (exact) mass is 951 g/mol. The minimum atomic E-state index is -0.558.